The van der Waals surface area contributed by atoms with Crippen molar-refractivity contribution in [1.82, 2.24) is 20.2 Å². The summed E-state index contributed by atoms with van der Waals surface area (Å²) in [7, 11) is 0. The molecular formula is C14H11Br2N5. The van der Waals surface area contributed by atoms with Gasteiger partial charge in [-0.15, -0.1) is 5.10 Å². The lowest BCUT2D eigenvalue weighted by Gasteiger charge is -2.08. The van der Waals surface area contributed by atoms with E-state index in [2.05, 4.69) is 47.4 Å². The van der Waals surface area contributed by atoms with Crippen LogP contribution < -0.4 is 5.73 Å². The monoisotopic (exact) mass is 407 g/mol. The molecule has 2 aromatic carbocycles. The molecule has 0 unspecified atom stereocenters. The summed E-state index contributed by atoms with van der Waals surface area (Å²) in [6.45, 7) is 1.97. The van der Waals surface area contributed by atoms with E-state index in [4.69, 9.17) is 5.73 Å². The number of aryl methyl sites for hydroxylation is 1. The second-order valence-corrected chi connectivity index (χ2v) is 6.35. The highest BCUT2D eigenvalue weighted by Crippen LogP contribution is 2.28. The zero-order valence-corrected chi connectivity index (χ0v) is 14.3. The van der Waals surface area contributed by atoms with Crippen LogP contribution in [0.25, 0.3) is 17.1 Å². The number of hydrogen-bond donors (Lipinski definition) is 1. The molecular weight excluding hydrogens is 398 g/mol. The van der Waals surface area contributed by atoms with Crippen molar-refractivity contribution in [2.75, 3.05) is 5.73 Å². The van der Waals surface area contributed by atoms with Gasteiger partial charge in [-0.25, -0.2) is 0 Å². The maximum atomic E-state index is 5.97. The summed E-state index contributed by atoms with van der Waals surface area (Å²) in [5.41, 5.74) is 9.44. The SMILES string of the molecule is Cc1ccc(-c2nnnn2-c2cc(Br)ccc2Br)cc1N. The van der Waals surface area contributed by atoms with Crippen LogP contribution in [0.5, 0.6) is 0 Å². The standard InChI is InChI=1S/C14H11Br2N5/c1-8-2-3-9(6-12(8)17)14-18-19-20-21(14)13-7-10(15)4-5-11(13)16/h2-7H,17H2,1H3. The Morgan fingerprint density at radius 3 is 2.67 bits per heavy atom. The number of benzene rings is 2. The number of nitrogens with two attached hydrogens (primary N) is 1. The first kappa shape index (κ1) is 14.2. The van der Waals surface area contributed by atoms with Crippen LogP contribution in [-0.4, -0.2) is 20.2 Å². The van der Waals surface area contributed by atoms with Crippen molar-refractivity contribution < 1.29 is 0 Å². The first-order chi connectivity index (χ1) is 10.1. The normalized spacial score (nSPS) is 10.8. The fourth-order valence-electron chi connectivity index (χ4n) is 1.96. The number of halogens is 2. The fraction of sp³-hybridized carbons (Fsp3) is 0.0714. The zero-order valence-electron chi connectivity index (χ0n) is 11.1. The van der Waals surface area contributed by atoms with Crippen LogP contribution in [0.2, 0.25) is 0 Å². The first-order valence-electron chi connectivity index (χ1n) is 6.16. The predicted molar refractivity (Wildman–Crippen MR) is 89.1 cm³/mol. The smallest absolute Gasteiger partial charge is 0.187 e. The fourth-order valence-corrected chi connectivity index (χ4v) is 2.72. The van der Waals surface area contributed by atoms with E-state index >= 15 is 0 Å². The molecule has 0 radical (unpaired) electrons. The third-order valence-electron chi connectivity index (χ3n) is 3.14. The summed E-state index contributed by atoms with van der Waals surface area (Å²) in [5.74, 6) is 0.639. The maximum absolute atomic E-state index is 5.97. The molecule has 0 aliphatic carbocycles. The average Bonchev–Trinajstić information content (AvgIpc) is 2.93. The molecule has 0 aliphatic rings. The highest BCUT2D eigenvalue weighted by atomic mass is 79.9. The van der Waals surface area contributed by atoms with Gasteiger partial charge in [0.1, 0.15) is 0 Å². The van der Waals surface area contributed by atoms with Gasteiger partial charge in [0, 0.05) is 20.2 Å². The second kappa shape index (κ2) is 5.57. The Hall–Kier alpha value is -1.73. The molecule has 106 valence electrons. The average molecular weight is 409 g/mol. The van der Waals surface area contributed by atoms with E-state index in [1.165, 1.54) is 0 Å². The van der Waals surface area contributed by atoms with E-state index in [0.29, 0.717) is 5.82 Å². The molecule has 21 heavy (non-hydrogen) atoms. The number of aromatic nitrogens is 4. The minimum atomic E-state index is 0.639. The van der Waals surface area contributed by atoms with Crippen molar-refractivity contribution in [1.29, 1.82) is 0 Å². The summed E-state index contributed by atoms with van der Waals surface area (Å²) >= 11 is 6.98. The number of anilines is 1. The Labute approximate surface area is 138 Å². The van der Waals surface area contributed by atoms with Gasteiger partial charge in [0.25, 0.3) is 0 Å². The van der Waals surface area contributed by atoms with Crippen LogP contribution in [-0.2, 0) is 0 Å². The van der Waals surface area contributed by atoms with Crippen LogP contribution in [0, 0.1) is 6.92 Å². The summed E-state index contributed by atoms with van der Waals surface area (Å²) < 4.78 is 3.53. The molecule has 1 aromatic heterocycles. The topological polar surface area (TPSA) is 69.6 Å². The second-order valence-electron chi connectivity index (χ2n) is 4.58. The highest BCUT2D eigenvalue weighted by Gasteiger charge is 2.14. The zero-order chi connectivity index (χ0) is 15.0. The highest BCUT2D eigenvalue weighted by molar-refractivity contribution is 9.11. The largest absolute Gasteiger partial charge is 0.398 e. The molecule has 5 nitrogen and oxygen atoms in total. The van der Waals surface area contributed by atoms with Gasteiger partial charge >= 0.3 is 0 Å². The molecule has 0 bridgehead atoms. The lowest BCUT2D eigenvalue weighted by atomic mass is 10.1. The van der Waals surface area contributed by atoms with Crippen LogP contribution in [0.1, 0.15) is 5.56 Å². The summed E-state index contributed by atoms with van der Waals surface area (Å²) in [4.78, 5) is 0. The van der Waals surface area contributed by atoms with Gasteiger partial charge in [0.05, 0.1) is 5.69 Å². The van der Waals surface area contributed by atoms with Crippen molar-refractivity contribution in [3.8, 4) is 17.1 Å². The van der Waals surface area contributed by atoms with Gasteiger partial charge in [0.2, 0.25) is 0 Å². The van der Waals surface area contributed by atoms with Crippen molar-refractivity contribution in [2.45, 2.75) is 6.92 Å². The molecule has 0 saturated carbocycles. The Morgan fingerprint density at radius 1 is 1.10 bits per heavy atom. The van der Waals surface area contributed by atoms with Crippen LogP contribution >= 0.6 is 31.9 Å². The van der Waals surface area contributed by atoms with E-state index < -0.39 is 0 Å². The molecule has 0 spiro atoms. The minimum absolute atomic E-state index is 0.639. The lowest BCUT2D eigenvalue weighted by molar-refractivity contribution is 0.788. The first-order valence-corrected chi connectivity index (χ1v) is 7.75. The number of hydrogen-bond acceptors (Lipinski definition) is 4. The Balaban J connectivity index is 2.17. The summed E-state index contributed by atoms with van der Waals surface area (Å²) in [5, 5.41) is 12.0. The van der Waals surface area contributed by atoms with E-state index in [0.717, 1.165) is 31.4 Å². The van der Waals surface area contributed by atoms with Crippen molar-refractivity contribution >= 4 is 37.5 Å². The van der Waals surface area contributed by atoms with E-state index in [1.807, 2.05) is 43.3 Å². The molecule has 0 fully saturated rings. The van der Waals surface area contributed by atoms with Crippen molar-refractivity contribution in [3.05, 3.63) is 50.9 Å². The van der Waals surface area contributed by atoms with Gasteiger partial charge in [-0.2, -0.15) is 4.68 Å². The minimum Gasteiger partial charge on any atom is -0.398 e. The number of nitrogens with zero attached hydrogens (tertiary/aromatic N) is 4. The van der Waals surface area contributed by atoms with E-state index in [1.54, 1.807) is 4.68 Å². The predicted octanol–water partition coefficient (Wildman–Crippen LogP) is 3.74. The molecule has 1 heterocycles. The summed E-state index contributed by atoms with van der Waals surface area (Å²) in [6.07, 6.45) is 0. The van der Waals surface area contributed by atoms with Gasteiger partial charge in [-0.1, -0.05) is 28.1 Å². The van der Waals surface area contributed by atoms with Gasteiger partial charge in [-0.3, -0.25) is 0 Å². The quantitative estimate of drug-likeness (QED) is 0.655. The molecule has 0 saturated heterocycles. The van der Waals surface area contributed by atoms with Crippen LogP contribution in [0.3, 0.4) is 0 Å². The molecule has 3 rings (SSSR count). The maximum Gasteiger partial charge on any atom is 0.187 e. The van der Waals surface area contributed by atoms with E-state index in [-0.39, 0.29) is 0 Å². The molecule has 0 atom stereocenters. The molecule has 0 amide bonds. The van der Waals surface area contributed by atoms with Crippen molar-refractivity contribution in [3.63, 3.8) is 0 Å². The number of tetrazole rings is 1. The number of rotatable bonds is 2. The van der Waals surface area contributed by atoms with E-state index in [9.17, 15) is 0 Å². The molecule has 7 heteroatoms. The summed E-state index contributed by atoms with van der Waals surface area (Å²) in [6, 6.07) is 11.6. The Kier molecular flexibility index (Phi) is 3.77. The van der Waals surface area contributed by atoms with Crippen LogP contribution in [0.15, 0.2) is 45.3 Å². The molecule has 2 N–H and O–H groups in total. The van der Waals surface area contributed by atoms with Gasteiger partial charge in [0.15, 0.2) is 5.82 Å². The lowest BCUT2D eigenvalue weighted by Crippen LogP contribution is -2.01. The molecule has 3 aromatic rings. The third-order valence-corrected chi connectivity index (χ3v) is 4.31. The Bertz CT molecular complexity index is 813. The van der Waals surface area contributed by atoms with Crippen LogP contribution in [0.4, 0.5) is 5.69 Å². The van der Waals surface area contributed by atoms with Gasteiger partial charge < -0.3 is 5.73 Å². The van der Waals surface area contributed by atoms with Crippen molar-refractivity contribution in [2.24, 2.45) is 0 Å². The number of nitrogen functional groups attached to an aromatic ring is 1. The van der Waals surface area contributed by atoms with Gasteiger partial charge in [-0.05, 0) is 63.1 Å². The molecule has 0 aliphatic heterocycles. The Morgan fingerprint density at radius 2 is 1.90 bits per heavy atom. The third kappa shape index (κ3) is 2.71.